The van der Waals surface area contributed by atoms with Gasteiger partial charge in [-0.05, 0) is 70.6 Å². The summed E-state index contributed by atoms with van der Waals surface area (Å²) >= 11 is 0. The van der Waals surface area contributed by atoms with Gasteiger partial charge in [0.15, 0.2) is 0 Å². The van der Waals surface area contributed by atoms with Gasteiger partial charge in [-0.2, -0.15) is 0 Å². The molecule has 0 radical (unpaired) electrons. The van der Waals surface area contributed by atoms with E-state index in [1.165, 1.54) is 218 Å². The zero-order chi connectivity index (χ0) is 45.1. The van der Waals surface area contributed by atoms with Crippen LogP contribution in [-0.4, -0.2) is 46.1 Å². The molecule has 5 heteroatoms. The number of hydrogen-bond acceptors (Lipinski definition) is 4. The largest absolute Gasteiger partial charge is 0.394 e. The number of aliphatic hydroxyl groups is 3. The second kappa shape index (κ2) is 51.9. The lowest BCUT2D eigenvalue weighted by molar-refractivity contribution is -0.131. The molecule has 0 aliphatic heterocycles. The summed E-state index contributed by atoms with van der Waals surface area (Å²) in [4.78, 5) is 12.5. The van der Waals surface area contributed by atoms with Crippen LogP contribution < -0.4 is 5.32 Å². The van der Waals surface area contributed by atoms with Crippen molar-refractivity contribution in [1.29, 1.82) is 0 Å². The highest BCUT2D eigenvalue weighted by atomic mass is 16.3. The second-order valence-corrected chi connectivity index (χ2v) is 18.8. The standard InChI is InChI=1S/C57H107NO4/c1-3-5-7-9-11-13-15-17-19-21-23-25-26-27-28-29-30-31-32-34-36-38-40-42-44-46-48-50-52-56(61)57(62)58-54(53-59)55(60)51-49-47-45-43-41-39-37-35-33-24-22-20-18-16-14-12-10-8-6-4-2/h27-28,33,35,41,43,49,51,54-56,59-61H,3-26,29-32,34,36-40,42,44-48,50,52-53H2,1-2H3,(H,58,62)/b28-27-,35-33+,43-41+,51-49+. The topological polar surface area (TPSA) is 89.8 Å². The maximum Gasteiger partial charge on any atom is 0.249 e. The second-order valence-electron chi connectivity index (χ2n) is 18.8. The van der Waals surface area contributed by atoms with Crippen molar-refractivity contribution in [3.63, 3.8) is 0 Å². The summed E-state index contributed by atoms with van der Waals surface area (Å²) in [5.41, 5.74) is 0. The van der Waals surface area contributed by atoms with Gasteiger partial charge in [-0.15, -0.1) is 0 Å². The summed E-state index contributed by atoms with van der Waals surface area (Å²) in [6, 6.07) is -0.822. The molecule has 0 aliphatic rings. The first kappa shape index (κ1) is 60.3. The lowest BCUT2D eigenvalue weighted by Crippen LogP contribution is -2.48. The fourth-order valence-electron chi connectivity index (χ4n) is 8.33. The monoisotopic (exact) mass is 870 g/mol. The summed E-state index contributed by atoms with van der Waals surface area (Å²) in [6.45, 7) is 4.19. The summed E-state index contributed by atoms with van der Waals surface area (Å²) in [5, 5.41) is 33.3. The third kappa shape index (κ3) is 46.3. The average Bonchev–Trinajstić information content (AvgIpc) is 3.28. The molecule has 0 aromatic heterocycles. The smallest absolute Gasteiger partial charge is 0.249 e. The number of hydrogen-bond donors (Lipinski definition) is 4. The van der Waals surface area contributed by atoms with Crippen molar-refractivity contribution in [2.24, 2.45) is 0 Å². The molecular formula is C57H107NO4. The van der Waals surface area contributed by atoms with Gasteiger partial charge < -0.3 is 20.6 Å². The van der Waals surface area contributed by atoms with Crippen LogP contribution in [0.15, 0.2) is 48.6 Å². The van der Waals surface area contributed by atoms with E-state index in [9.17, 15) is 20.1 Å². The van der Waals surface area contributed by atoms with Crippen LogP contribution in [0.1, 0.15) is 284 Å². The number of allylic oxidation sites excluding steroid dienone is 7. The van der Waals surface area contributed by atoms with E-state index in [1.807, 2.05) is 6.08 Å². The van der Waals surface area contributed by atoms with Crippen LogP contribution >= 0.6 is 0 Å². The normalized spacial score (nSPS) is 13.7. The average molecular weight is 870 g/mol. The van der Waals surface area contributed by atoms with E-state index in [2.05, 4.69) is 55.6 Å². The molecule has 0 fully saturated rings. The highest BCUT2D eigenvalue weighted by Gasteiger charge is 2.22. The molecule has 0 rings (SSSR count). The molecule has 0 heterocycles. The van der Waals surface area contributed by atoms with Crippen molar-refractivity contribution in [2.45, 2.75) is 302 Å². The van der Waals surface area contributed by atoms with Crippen LogP contribution in [0.3, 0.4) is 0 Å². The molecule has 0 saturated carbocycles. The summed E-state index contributed by atoms with van der Waals surface area (Å²) in [7, 11) is 0. The Morgan fingerprint density at radius 1 is 0.387 bits per heavy atom. The highest BCUT2D eigenvalue weighted by Crippen LogP contribution is 2.16. The first-order valence-electron chi connectivity index (χ1n) is 27.5. The molecule has 0 saturated heterocycles. The van der Waals surface area contributed by atoms with Crippen LogP contribution in [0.25, 0.3) is 0 Å². The Labute approximate surface area is 387 Å². The molecule has 5 nitrogen and oxygen atoms in total. The lowest BCUT2D eigenvalue weighted by Gasteiger charge is -2.21. The fraction of sp³-hybridized carbons (Fsp3) is 0.842. The van der Waals surface area contributed by atoms with Crippen LogP contribution in [0.4, 0.5) is 0 Å². The van der Waals surface area contributed by atoms with Gasteiger partial charge in [-0.3, -0.25) is 4.79 Å². The van der Waals surface area contributed by atoms with E-state index in [-0.39, 0.29) is 6.61 Å². The number of aliphatic hydroxyl groups excluding tert-OH is 3. The summed E-state index contributed by atoms with van der Waals surface area (Å²) in [5.74, 6) is -0.515. The van der Waals surface area contributed by atoms with Crippen LogP contribution in [0, 0.1) is 0 Å². The fourth-order valence-corrected chi connectivity index (χ4v) is 8.33. The van der Waals surface area contributed by atoms with E-state index in [0.717, 1.165) is 44.9 Å². The van der Waals surface area contributed by atoms with Gasteiger partial charge in [0.1, 0.15) is 6.10 Å². The Balaban J connectivity index is 3.63. The zero-order valence-electron chi connectivity index (χ0n) is 41.5. The van der Waals surface area contributed by atoms with Crippen molar-refractivity contribution in [1.82, 2.24) is 5.32 Å². The third-order valence-electron chi connectivity index (χ3n) is 12.6. The molecule has 0 aromatic rings. The van der Waals surface area contributed by atoms with Gasteiger partial charge in [0.2, 0.25) is 5.91 Å². The summed E-state index contributed by atoms with van der Waals surface area (Å²) in [6.07, 6.45) is 69.0. The van der Waals surface area contributed by atoms with Gasteiger partial charge in [-0.25, -0.2) is 0 Å². The molecule has 62 heavy (non-hydrogen) atoms. The number of carbonyl (C=O) groups is 1. The minimum Gasteiger partial charge on any atom is -0.394 e. The van der Waals surface area contributed by atoms with Crippen molar-refractivity contribution < 1.29 is 20.1 Å². The Hall–Kier alpha value is -1.69. The van der Waals surface area contributed by atoms with Gasteiger partial charge in [0, 0.05) is 0 Å². The highest BCUT2D eigenvalue weighted by molar-refractivity contribution is 5.80. The minimum atomic E-state index is -1.11. The molecule has 364 valence electrons. The molecule has 0 aromatic carbocycles. The van der Waals surface area contributed by atoms with E-state index in [0.29, 0.717) is 6.42 Å². The molecule has 0 aliphatic carbocycles. The number of rotatable bonds is 50. The molecule has 3 unspecified atom stereocenters. The zero-order valence-corrected chi connectivity index (χ0v) is 41.5. The number of amides is 1. The van der Waals surface area contributed by atoms with Gasteiger partial charge >= 0.3 is 0 Å². The lowest BCUT2D eigenvalue weighted by atomic mass is 10.0. The summed E-state index contributed by atoms with van der Waals surface area (Å²) < 4.78 is 0. The van der Waals surface area contributed by atoms with E-state index in [4.69, 9.17) is 0 Å². The molecule has 3 atom stereocenters. The molecular weight excluding hydrogens is 763 g/mol. The SMILES string of the molecule is CCCCCCCCCCCC/C=C/CC/C=C/CC/C=C/C(O)C(CO)NC(=O)C(O)CCCCCCCCCCCCCC/C=C\CCCCCCCCCCCCCC. The Bertz CT molecular complexity index is 1000. The first-order valence-corrected chi connectivity index (χ1v) is 27.5. The number of unbranched alkanes of at least 4 members (excludes halogenated alkanes) is 36. The van der Waals surface area contributed by atoms with Crippen LogP contribution in [-0.2, 0) is 4.79 Å². The first-order chi connectivity index (χ1) is 30.6. The van der Waals surface area contributed by atoms with Crippen LogP contribution in [0.5, 0.6) is 0 Å². The van der Waals surface area contributed by atoms with Gasteiger partial charge in [-0.1, -0.05) is 262 Å². The van der Waals surface area contributed by atoms with Crippen LogP contribution in [0.2, 0.25) is 0 Å². The maximum absolute atomic E-state index is 12.5. The Morgan fingerprint density at radius 3 is 0.984 bits per heavy atom. The van der Waals surface area contributed by atoms with E-state index < -0.39 is 24.2 Å². The predicted octanol–water partition coefficient (Wildman–Crippen LogP) is 16.8. The van der Waals surface area contributed by atoms with Crippen molar-refractivity contribution in [3.8, 4) is 0 Å². The van der Waals surface area contributed by atoms with Crippen molar-refractivity contribution in [2.75, 3.05) is 6.61 Å². The maximum atomic E-state index is 12.5. The van der Waals surface area contributed by atoms with Gasteiger partial charge in [0.25, 0.3) is 0 Å². The minimum absolute atomic E-state index is 0.381. The van der Waals surface area contributed by atoms with E-state index >= 15 is 0 Å². The molecule has 1 amide bonds. The predicted molar refractivity (Wildman–Crippen MR) is 273 cm³/mol. The third-order valence-corrected chi connectivity index (χ3v) is 12.6. The van der Waals surface area contributed by atoms with Crippen molar-refractivity contribution in [3.05, 3.63) is 48.6 Å². The Kier molecular flexibility index (Phi) is 50.5. The molecule has 0 spiro atoms. The number of nitrogens with one attached hydrogen (secondary N) is 1. The van der Waals surface area contributed by atoms with E-state index in [1.54, 1.807) is 6.08 Å². The van der Waals surface area contributed by atoms with Gasteiger partial charge in [0.05, 0.1) is 18.8 Å². The van der Waals surface area contributed by atoms with Crippen molar-refractivity contribution >= 4 is 5.91 Å². The number of carbonyl (C=O) groups excluding carboxylic acids is 1. The molecule has 4 N–H and O–H groups in total. The molecule has 0 bridgehead atoms. The quantitative estimate of drug-likeness (QED) is 0.0362. The Morgan fingerprint density at radius 2 is 0.661 bits per heavy atom.